The van der Waals surface area contributed by atoms with Crippen LogP contribution >= 0.6 is 0 Å². The van der Waals surface area contributed by atoms with Crippen molar-refractivity contribution < 1.29 is 9.59 Å². The number of carbonyl (C=O) groups is 2. The predicted octanol–water partition coefficient (Wildman–Crippen LogP) is 2.18. The summed E-state index contributed by atoms with van der Waals surface area (Å²) in [6.45, 7) is 0.737. The molecule has 0 unspecified atom stereocenters. The molecule has 2 rings (SSSR count). The smallest absolute Gasteiger partial charge is 0.251 e. The summed E-state index contributed by atoms with van der Waals surface area (Å²) in [5, 5.41) is 17.3. The first-order valence-corrected chi connectivity index (χ1v) is 6.82. The average molecular weight is 294 g/mol. The van der Waals surface area contributed by atoms with Crippen LogP contribution in [0.5, 0.6) is 0 Å². The Balaban J connectivity index is 2.22. The van der Waals surface area contributed by atoms with Gasteiger partial charge in [0, 0.05) is 25.5 Å². The van der Waals surface area contributed by atoms with Crippen LogP contribution in [0.15, 0.2) is 36.7 Å². The predicted molar refractivity (Wildman–Crippen MR) is 78.0 cm³/mol. The van der Waals surface area contributed by atoms with Gasteiger partial charge in [-0.1, -0.05) is 0 Å². The molecule has 22 heavy (non-hydrogen) atoms. The number of carbonyl (C=O) groups excluding carboxylic acids is 2. The van der Waals surface area contributed by atoms with Crippen molar-refractivity contribution in [2.45, 2.75) is 25.9 Å². The summed E-state index contributed by atoms with van der Waals surface area (Å²) in [6, 6.07) is 10.5. The maximum Gasteiger partial charge on any atom is 0.251 e. The molecule has 0 aliphatic carbocycles. The highest BCUT2D eigenvalue weighted by Gasteiger charge is 2.23. The number of hydrogen-bond acceptors (Lipinski definition) is 4. The Morgan fingerprint density at radius 2 is 1.27 bits per heavy atom. The summed E-state index contributed by atoms with van der Waals surface area (Å²) in [6.07, 6.45) is 3.88. The van der Waals surface area contributed by atoms with Crippen molar-refractivity contribution in [3.05, 3.63) is 48.0 Å². The molecule has 6 nitrogen and oxygen atoms in total. The fourth-order valence-electron chi connectivity index (χ4n) is 2.20. The molecule has 2 aromatic rings. The van der Waals surface area contributed by atoms with Gasteiger partial charge in [-0.15, -0.1) is 0 Å². The number of nitriles is 2. The Morgan fingerprint density at radius 3 is 1.64 bits per heavy atom. The van der Waals surface area contributed by atoms with E-state index in [0.29, 0.717) is 13.1 Å². The number of aromatic nitrogens is 2. The average Bonchev–Trinajstić information content (AvgIpc) is 3.18. The molecule has 0 aromatic carbocycles. The second-order valence-corrected chi connectivity index (χ2v) is 4.65. The summed E-state index contributed by atoms with van der Waals surface area (Å²) in [5.41, 5.74) is 0.543. The lowest BCUT2D eigenvalue weighted by molar-refractivity contribution is 0.0806. The van der Waals surface area contributed by atoms with E-state index in [1.54, 1.807) is 45.8 Å². The zero-order valence-electron chi connectivity index (χ0n) is 11.9. The number of Topliss-reactive ketones (excluding diaryl/α,β-unsaturated/α-hetero) is 2. The van der Waals surface area contributed by atoms with Crippen molar-refractivity contribution in [1.29, 1.82) is 10.5 Å². The highest BCUT2D eigenvalue weighted by molar-refractivity contribution is 6.48. The fraction of sp³-hybridized carbons (Fsp3) is 0.250. The van der Waals surface area contributed by atoms with Gasteiger partial charge in [0.15, 0.2) is 0 Å². The molecule has 0 bridgehead atoms. The minimum Gasteiger partial charge on any atom is -0.344 e. The van der Waals surface area contributed by atoms with E-state index in [2.05, 4.69) is 0 Å². The molecule has 0 atom stereocenters. The van der Waals surface area contributed by atoms with Crippen LogP contribution in [0.1, 0.15) is 33.8 Å². The number of aryl methyl sites for hydroxylation is 2. The van der Waals surface area contributed by atoms with E-state index < -0.39 is 11.6 Å². The lowest BCUT2D eigenvalue weighted by atomic mass is 10.1. The molecule has 0 aliphatic heterocycles. The molecule has 0 N–H and O–H groups in total. The molecule has 6 heteroatoms. The molecule has 0 saturated carbocycles. The molecule has 110 valence electrons. The van der Waals surface area contributed by atoms with Crippen LogP contribution in [-0.2, 0) is 13.1 Å². The number of ketones is 2. The van der Waals surface area contributed by atoms with E-state index in [4.69, 9.17) is 10.5 Å². The first kappa shape index (κ1) is 15.3. The van der Waals surface area contributed by atoms with Crippen LogP contribution in [0.2, 0.25) is 0 Å². The summed E-state index contributed by atoms with van der Waals surface area (Å²) < 4.78 is 3.21. The molecular formula is C16H14N4O2. The SMILES string of the molecule is N#CCCn1cccc1C(=O)C(=O)c1cccn1CCC#N. The standard InChI is InChI=1S/C16H14N4O2/c17-7-3-11-19-9-1-5-13(19)15(21)16(22)14-6-2-10-20(14)12-4-8-18/h1-2,5-6,9-10H,3-4,11-12H2. The quantitative estimate of drug-likeness (QED) is 0.578. The molecule has 0 aliphatic rings. The Hall–Kier alpha value is -3.12. The van der Waals surface area contributed by atoms with Gasteiger partial charge in [-0.3, -0.25) is 9.59 Å². The van der Waals surface area contributed by atoms with Gasteiger partial charge in [0.25, 0.3) is 11.6 Å². The zero-order valence-corrected chi connectivity index (χ0v) is 11.9. The van der Waals surface area contributed by atoms with Crippen LogP contribution in [-0.4, -0.2) is 20.7 Å². The van der Waals surface area contributed by atoms with Crippen molar-refractivity contribution in [3.63, 3.8) is 0 Å². The third kappa shape index (κ3) is 3.13. The number of nitrogens with zero attached hydrogens (tertiary/aromatic N) is 4. The van der Waals surface area contributed by atoms with Crippen LogP contribution in [0, 0.1) is 22.7 Å². The maximum atomic E-state index is 12.4. The maximum absolute atomic E-state index is 12.4. The molecule has 0 radical (unpaired) electrons. The van der Waals surface area contributed by atoms with Crippen molar-refractivity contribution in [2.24, 2.45) is 0 Å². The van der Waals surface area contributed by atoms with Crippen molar-refractivity contribution in [1.82, 2.24) is 9.13 Å². The minimum absolute atomic E-state index is 0.266. The van der Waals surface area contributed by atoms with Gasteiger partial charge in [0.05, 0.1) is 36.4 Å². The Morgan fingerprint density at radius 1 is 0.864 bits per heavy atom. The van der Waals surface area contributed by atoms with Crippen molar-refractivity contribution >= 4 is 11.6 Å². The van der Waals surface area contributed by atoms with Crippen molar-refractivity contribution in [2.75, 3.05) is 0 Å². The van der Waals surface area contributed by atoms with Crippen LogP contribution < -0.4 is 0 Å². The number of hydrogen-bond donors (Lipinski definition) is 0. The highest BCUT2D eigenvalue weighted by atomic mass is 16.2. The van der Waals surface area contributed by atoms with Gasteiger partial charge in [-0.05, 0) is 24.3 Å². The molecule has 0 saturated heterocycles. The lowest BCUT2D eigenvalue weighted by Gasteiger charge is -2.08. The topological polar surface area (TPSA) is 91.6 Å². The molecule has 0 fully saturated rings. The Labute approximate surface area is 127 Å². The van der Waals surface area contributed by atoms with Crippen LogP contribution in [0.3, 0.4) is 0 Å². The van der Waals surface area contributed by atoms with E-state index >= 15 is 0 Å². The van der Waals surface area contributed by atoms with E-state index in [9.17, 15) is 9.59 Å². The summed E-state index contributed by atoms with van der Waals surface area (Å²) in [4.78, 5) is 24.8. The Bertz CT molecular complexity index is 704. The number of rotatable bonds is 7. The first-order chi connectivity index (χ1) is 10.7. The van der Waals surface area contributed by atoms with E-state index in [0.717, 1.165) is 0 Å². The lowest BCUT2D eigenvalue weighted by Crippen LogP contribution is -2.21. The van der Waals surface area contributed by atoms with Crippen molar-refractivity contribution in [3.8, 4) is 12.1 Å². The third-order valence-electron chi connectivity index (χ3n) is 3.26. The second-order valence-electron chi connectivity index (χ2n) is 4.65. The van der Waals surface area contributed by atoms with Gasteiger partial charge < -0.3 is 9.13 Å². The largest absolute Gasteiger partial charge is 0.344 e. The van der Waals surface area contributed by atoms with Gasteiger partial charge in [-0.2, -0.15) is 10.5 Å². The summed E-state index contributed by atoms with van der Waals surface area (Å²) in [5.74, 6) is -1.22. The minimum atomic E-state index is -0.611. The molecule has 2 aromatic heterocycles. The monoisotopic (exact) mass is 294 g/mol. The van der Waals surface area contributed by atoms with E-state index in [1.807, 2.05) is 12.1 Å². The Kier molecular flexibility index (Phi) is 4.89. The molecule has 0 spiro atoms. The fourth-order valence-corrected chi connectivity index (χ4v) is 2.20. The molecule has 0 amide bonds. The summed E-state index contributed by atoms with van der Waals surface area (Å²) >= 11 is 0. The summed E-state index contributed by atoms with van der Waals surface area (Å²) in [7, 11) is 0. The molecular weight excluding hydrogens is 280 g/mol. The van der Waals surface area contributed by atoms with Gasteiger partial charge in [0.1, 0.15) is 0 Å². The first-order valence-electron chi connectivity index (χ1n) is 6.82. The third-order valence-corrected chi connectivity index (χ3v) is 3.26. The second kappa shape index (κ2) is 7.05. The molecule has 2 heterocycles. The van der Waals surface area contributed by atoms with Gasteiger partial charge in [0.2, 0.25) is 0 Å². The van der Waals surface area contributed by atoms with Crippen LogP contribution in [0.4, 0.5) is 0 Å². The normalized spacial score (nSPS) is 9.91. The van der Waals surface area contributed by atoms with Gasteiger partial charge in [-0.25, -0.2) is 0 Å². The van der Waals surface area contributed by atoms with Crippen LogP contribution in [0.25, 0.3) is 0 Å². The van der Waals surface area contributed by atoms with E-state index in [-0.39, 0.29) is 24.2 Å². The zero-order chi connectivity index (χ0) is 15.9. The van der Waals surface area contributed by atoms with E-state index in [1.165, 1.54) is 0 Å². The highest BCUT2D eigenvalue weighted by Crippen LogP contribution is 2.11. The van der Waals surface area contributed by atoms with Gasteiger partial charge >= 0.3 is 0 Å².